The van der Waals surface area contributed by atoms with Crippen LogP contribution in [0.1, 0.15) is 0 Å². The molecule has 0 saturated heterocycles. The van der Waals surface area contributed by atoms with E-state index in [0.717, 1.165) is 0 Å². The van der Waals surface area contributed by atoms with Crippen LogP contribution in [0, 0.1) is 0 Å². The molecule has 0 aliphatic carbocycles. The van der Waals surface area contributed by atoms with Crippen molar-refractivity contribution in [3.8, 4) is 0 Å². The first-order valence-corrected chi connectivity index (χ1v) is 1.68. The summed E-state index contributed by atoms with van der Waals surface area (Å²) in [5.74, 6) is 0. The van der Waals surface area contributed by atoms with Gasteiger partial charge in [0.1, 0.15) is 0 Å². The van der Waals surface area contributed by atoms with Gasteiger partial charge in [0.2, 0.25) is 0 Å². The summed E-state index contributed by atoms with van der Waals surface area (Å²) >= 11 is -2.00. The molecule has 0 aliphatic heterocycles. The number of hydrogen-bond acceptors (Lipinski definition) is 2. The zero-order chi connectivity index (χ0) is 2.71. The van der Waals surface area contributed by atoms with Crippen LogP contribution in [0.4, 0.5) is 0 Å². The zero-order valence-electron chi connectivity index (χ0n) is 2.02. The summed E-state index contributed by atoms with van der Waals surface area (Å²) in [7, 11) is 0. The molecule has 0 aliphatic rings. The minimum absolute atomic E-state index is 0. The molecule has 0 fully saturated rings. The van der Waals surface area contributed by atoms with E-state index in [1.165, 1.54) is 0 Å². The number of rotatable bonds is 0. The fourth-order valence-corrected chi connectivity index (χ4v) is 0. The molecule has 0 unspecified atom stereocenters. The molecule has 0 aromatic carbocycles. The average molecular weight is 205 g/mol. The van der Waals surface area contributed by atoms with Gasteiger partial charge in [0, 0.05) is 0 Å². The van der Waals surface area contributed by atoms with Crippen LogP contribution in [0.25, 0.3) is 0 Å². The molecule has 0 amide bonds. The SMILES string of the molecule is [O]=[Ti]=[O].[SbH3]. The van der Waals surface area contributed by atoms with Gasteiger partial charge in [0.25, 0.3) is 0 Å². The molecular weight excluding hydrogens is 202 g/mol. The topological polar surface area (TPSA) is 34.1 Å². The molecular formula is H3O2SbTi. The Morgan fingerprint density at radius 1 is 1.25 bits per heavy atom. The van der Waals surface area contributed by atoms with Gasteiger partial charge < -0.3 is 0 Å². The predicted octanol–water partition coefficient (Wildman–Crippen LogP) is -1.42. The van der Waals surface area contributed by atoms with Crippen LogP contribution < -0.4 is 0 Å². The summed E-state index contributed by atoms with van der Waals surface area (Å²) in [6.07, 6.45) is 0. The average Bonchev–Trinajstić information content (AvgIpc) is 0.918. The van der Waals surface area contributed by atoms with Crippen molar-refractivity contribution >= 4 is 24.4 Å². The molecule has 24 valence electrons. The Labute approximate surface area is 50.0 Å². The standard InChI is InChI=1S/2O.Sb.Ti.3H. The van der Waals surface area contributed by atoms with E-state index in [0.29, 0.717) is 0 Å². The third-order valence-corrected chi connectivity index (χ3v) is 0. The fraction of sp³-hybridized carbons (Fsp3) is 0. The van der Waals surface area contributed by atoms with Crippen molar-refractivity contribution in [1.82, 2.24) is 0 Å². The Balaban J connectivity index is 0. The Morgan fingerprint density at radius 2 is 1.25 bits per heavy atom. The van der Waals surface area contributed by atoms with E-state index in [-0.39, 0.29) is 24.4 Å². The molecule has 0 aromatic rings. The summed E-state index contributed by atoms with van der Waals surface area (Å²) in [5, 5.41) is 0. The summed E-state index contributed by atoms with van der Waals surface area (Å²) in [6, 6.07) is 0. The van der Waals surface area contributed by atoms with Gasteiger partial charge in [-0.25, -0.2) is 0 Å². The Morgan fingerprint density at radius 3 is 1.25 bits per heavy atom. The van der Waals surface area contributed by atoms with E-state index in [1.807, 2.05) is 0 Å². The summed E-state index contributed by atoms with van der Waals surface area (Å²) in [5.41, 5.74) is 0. The predicted molar refractivity (Wildman–Crippen MR) is 11.3 cm³/mol. The van der Waals surface area contributed by atoms with E-state index in [4.69, 9.17) is 6.65 Å². The van der Waals surface area contributed by atoms with Crippen molar-refractivity contribution in [2.75, 3.05) is 0 Å². The van der Waals surface area contributed by atoms with E-state index in [2.05, 4.69) is 0 Å². The van der Waals surface area contributed by atoms with Crippen LogP contribution in [0.3, 0.4) is 0 Å². The fourth-order valence-electron chi connectivity index (χ4n) is 0. The van der Waals surface area contributed by atoms with Crippen molar-refractivity contribution < 1.29 is 25.7 Å². The van der Waals surface area contributed by atoms with Crippen LogP contribution in [0.2, 0.25) is 0 Å². The first-order chi connectivity index (χ1) is 1.41. The third kappa shape index (κ3) is 11.1. The second-order valence-electron chi connectivity index (χ2n) is 0.0833. The van der Waals surface area contributed by atoms with Gasteiger partial charge in [-0.2, -0.15) is 0 Å². The summed E-state index contributed by atoms with van der Waals surface area (Å²) < 4.78 is 17.0. The van der Waals surface area contributed by atoms with Crippen LogP contribution in [0.15, 0.2) is 0 Å². The molecule has 0 aromatic heterocycles. The monoisotopic (exact) mass is 204 g/mol. The molecule has 0 heterocycles. The number of hydrogen-bond donors (Lipinski definition) is 0. The molecule has 0 rings (SSSR count). The van der Waals surface area contributed by atoms with Crippen molar-refractivity contribution in [1.29, 1.82) is 0 Å². The second kappa shape index (κ2) is 8.92. The van der Waals surface area contributed by atoms with E-state index in [1.54, 1.807) is 0 Å². The van der Waals surface area contributed by atoms with Crippen LogP contribution >= 0.6 is 0 Å². The Kier molecular flexibility index (Phi) is 19.9. The minimum atomic E-state index is -2.00. The molecule has 0 atom stereocenters. The first-order valence-electron chi connectivity index (χ1n) is 0.408. The third-order valence-electron chi connectivity index (χ3n) is 0. The summed E-state index contributed by atoms with van der Waals surface area (Å²) in [6.45, 7) is 0. The van der Waals surface area contributed by atoms with Crippen molar-refractivity contribution in [3.05, 3.63) is 0 Å². The zero-order valence-corrected chi connectivity index (χ0v) is 7.62. The maximum atomic E-state index is 8.50. The van der Waals surface area contributed by atoms with Crippen molar-refractivity contribution in [2.24, 2.45) is 0 Å². The molecule has 0 spiro atoms. The molecule has 4 heavy (non-hydrogen) atoms. The molecule has 2 nitrogen and oxygen atoms in total. The quantitative estimate of drug-likeness (QED) is 0.454. The van der Waals surface area contributed by atoms with Gasteiger partial charge in [-0.15, -0.1) is 0 Å². The molecule has 0 N–H and O–H groups in total. The molecule has 0 radical (unpaired) electrons. The Bertz CT molecular complexity index is 27.0. The van der Waals surface area contributed by atoms with E-state index >= 15 is 0 Å². The van der Waals surface area contributed by atoms with Gasteiger partial charge in [0.15, 0.2) is 0 Å². The summed E-state index contributed by atoms with van der Waals surface area (Å²) in [4.78, 5) is 0. The van der Waals surface area contributed by atoms with Crippen LogP contribution in [-0.4, -0.2) is 24.4 Å². The van der Waals surface area contributed by atoms with Crippen molar-refractivity contribution in [2.45, 2.75) is 0 Å². The van der Waals surface area contributed by atoms with Gasteiger partial charge in [-0.3, -0.25) is 0 Å². The van der Waals surface area contributed by atoms with Crippen LogP contribution in [-0.2, 0) is 25.7 Å². The molecule has 0 saturated carbocycles. The van der Waals surface area contributed by atoms with E-state index < -0.39 is 19.1 Å². The van der Waals surface area contributed by atoms with Crippen LogP contribution in [0.5, 0.6) is 0 Å². The Hall–Kier alpha value is 1.13. The van der Waals surface area contributed by atoms with Gasteiger partial charge >= 0.3 is 50.2 Å². The second-order valence-corrected chi connectivity index (χ2v) is 0.344. The first kappa shape index (κ1) is 8.93. The van der Waals surface area contributed by atoms with Crippen molar-refractivity contribution in [3.63, 3.8) is 0 Å². The van der Waals surface area contributed by atoms with Gasteiger partial charge in [0.05, 0.1) is 0 Å². The molecule has 0 bridgehead atoms. The maximum absolute atomic E-state index is 8.50. The van der Waals surface area contributed by atoms with Gasteiger partial charge in [-0.1, -0.05) is 0 Å². The molecule has 4 heteroatoms. The van der Waals surface area contributed by atoms with E-state index in [9.17, 15) is 0 Å². The normalized spacial score (nSPS) is 2.00. The van der Waals surface area contributed by atoms with Gasteiger partial charge in [-0.05, 0) is 0 Å².